The third-order valence-electron chi connectivity index (χ3n) is 2.46. The van der Waals surface area contributed by atoms with Crippen molar-refractivity contribution >= 4 is 31.2 Å². The molecular weight excluding hydrogens is 252 g/mol. The first-order chi connectivity index (χ1) is 7.47. The minimum absolute atomic E-state index is 0.230. The lowest BCUT2D eigenvalue weighted by Gasteiger charge is -2.28. The third kappa shape index (κ3) is 3.81. The number of carbonyl (C=O) groups excluding carboxylic acids is 1. The summed E-state index contributed by atoms with van der Waals surface area (Å²) in [7, 11) is 0. The van der Waals surface area contributed by atoms with Crippen LogP contribution in [0.1, 0.15) is 13.3 Å². The Bertz CT molecular complexity index is 212. The van der Waals surface area contributed by atoms with Gasteiger partial charge >= 0.3 is 5.97 Å². The Morgan fingerprint density at radius 1 is 1.38 bits per heavy atom. The van der Waals surface area contributed by atoms with Gasteiger partial charge in [-0.15, -0.1) is 0 Å². The molecule has 0 aliphatic rings. The minimum atomic E-state index is -1.73. The van der Waals surface area contributed by atoms with E-state index in [-0.39, 0.29) is 11.5 Å². The Morgan fingerprint density at radius 3 is 2.19 bits per heavy atom. The second kappa shape index (κ2) is 7.39. The van der Waals surface area contributed by atoms with Crippen molar-refractivity contribution in [2.75, 3.05) is 18.1 Å². The van der Waals surface area contributed by atoms with E-state index >= 15 is 0 Å². The summed E-state index contributed by atoms with van der Waals surface area (Å²) in [6.07, 6.45) is -2.78. The molecule has 0 spiro atoms. The van der Waals surface area contributed by atoms with Crippen molar-refractivity contribution in [3.8, 4) is 0 Å². The summed E-state index contributed by atoms with van der Waals surface area (Å²) in [4.78, 5) is 11.7. The highest BCUT2D eigenvalue weighted by Crippen LogP contribution is 2.27. The Balaban J connectivity index is 4.54. The molecule has 0 heterocycles. The van der Waals surface area contributed by atoms with Crippen LogP contribution in [0, 0.1) is 5.41 Å². The fourth-order valence-electron chi connectivity index (χ4n) is 0.950. The number of hydrogen-bond donors (Lipinski definition) is 5. The molecule has 3 N–H and O–H groups in total. The zero-order valence-electron chi connectivity index (χ0n) is 9.04. The van der Waals surface area contributed by atoms with E-state index in [2.05, 4.69) is 30.0 Å². The van der Waals surface area contributed by atoms with Gasteiger partial charge in [0.05, 0.1) is 12.0 Å². The molecule has 0 rings (SSSR count). The third-order valence-corrected chi connectivity index (χ3v) is 3.67. The standard InChI is InChI=1S/C9H18O5S2/c1-2-9(4-15,5-16)8(13)14-7(12)6(11)3-10/h6-7,10-12,15-16H,2-5H2,1H3. The van der Waals surface area contributed by atoms with Crippen LogP contribution >= 0.6 is 25.3 Å². The molecule has 0 aliphatic carbocycles. The van der Waals surface area contributed by atoms with Gasteiger partial charge in [0.15, 0.2) is 0 Å². The largest absolute Gasteiger partial charge is 0.432 e. The molecule has 0 saturated carbocycles. The van der Waals surface area contributed by atoms with E-state index in [9.17, 15) is 9.90 Å². The number of hydrogen-bond acceptors (Lipinski definition) is 7. The second-order valence-electron chi connectivity index (χ2n) is 3.50. The minimum Gasteiger partial charge on any atom is -0.432 e. The van der Waals surface area contributed by atoms with Crippen LogP contribution in [0.3, 0.4) is 0 Å². The summed E-state index contributed by atoms with van der Waals surface area (Å²) in [5.74, 6) is -0.221. The molecule has 5 nitrogen and oxygen atoms in total. The van der Waals surface area contributed by atoms with Crippen LogP contribution in [-0.4, -0.2) is 51.8 Å². The van der Waals surface area contributed by atoms with Gasteiger partial charge in [-0.25, -0.2) is 0 Å². The lowest BCUT2D eigenvalue weighted by Crippen LogP contribution is -2.42. The molecule has 7 heteroatoms. The summed E-state index contributed by atoms with van der Waals surface area (Å²) in [5.41, 5.74) is -0.887. The summed E-state index contributed by atoms with van der Waals surface area (Å²) in [5, 5.41) is 26.8. The van der Waals surface area contributed by atoms with Gasteiger partial charge in [-0.1, -0.05) is 6.92 Å². The predicted molar refractivity (Wildman–Crippen MR) is 65.6 cm³/mol. The quantitative estimate of drug-likeness (QED) is 0.244. The number of aliphatic hydroxyl groups is 3. The highest BCUT2D eigenvalue weighted by Gasteiger charge is 2.37. The maximum atomic E-state index is 11.7. The maximum absolute atomic E-state index is 11.7. The predicted octanol–water partition coefficient (Wildman–Crippen LogP) is -0.543. The van der Waals surface area contributed by atoms with Crippen molar-refractivity contribution in [3.63, 3.8) is 0 Å². The lowest BCUT2D eigenvalue weighted by atomic mass is 9.90. The number of thiol groups is 2. The van der Waals surface area contributed by atoms with Gasteiger partial charge in [0.25, 0.3) is 0 Å². The van der Waals surface area contributed by atoms with Crippen LogP contribution in [0.15, 0.2) is 0 Å². The maximum Gasteiger partial charge on any atom is 0.316 e. The number of esters is 1. The molecule has 0 aromatic carbocycles. The van der Waals surface area contributed by atoms with Crippen molar-refractivity contribution in [2.45, 2.75) is 25.7 Å². The molecule has 0 aromatic heterocycles. The van der Waals surface area contributed by atoms with Gasteiger partial charge in [0.1, 0.15) is 6.10 Å². The topological polar surface area (TPSA) is 87.0 Å². The fourth-order valence-corrected chi connectivity index (χ4v) is 2.06. The number of ether oxygens (including phenoxy) is 1. The zero-order valence-corrected chi connectivity index (χ0v) is 10.8. The average Bonchev–Trinajstić information content (AvgIpc) is 2.30. The molecule has 0 aromatic rings. The van der Waals surface area contributed by atoms with E-state index in [0.717, 1.165) is 0 Å². The van der Waals surface area contributed by atoms with E-state index < -0.39 is 30.4 Å². The van der Waals surface area contributed by atoms with Gasteiger partial charge in [0, 0.05) is 11.5 Å². The smallest absolute Gasteiger partial charge is 0.316 e. The molecule has 0 radical (unpaired) electrons. The summed E-state index contributed by atoms with van der Waals surface area (Å²) in [6, 6.07) is 0. The Kier molecular flexibility index (Phi) is 7.41. The molecule has 0 saturated heterocycles. The van der Waals surface area contributed by atoms with E-state index in [0.29, 0.717) is 6.42 Å². The highest BCUT2D eigenvalue weighted by molar-refractivity contribution is 7.81. The first-order valence-corrected chi connectivity index (χ1v) is 6.13. The Hall–Kier alpha value is 0.0500. The lowest BCUT2D eigenvalue weighted by molar-refractivity contribution is -0.198. The monoisotopic (exact) mass is 270 g/mol. The van der Waals surface area contributed by atoms with Gasteiger partial charge in [-0.05, 0) is 6.42 Å². The first-order valence-electron chi connectivity index (χ1n) is 4.87. The van der Waals surface area contributed by atoms with Crippen LogP contribution < -0.4 is 0 Å². The van der Waals surface area contributed by atoms with Crippen LogP contribution in [-0.2, 0) is 9.53 Å². The van der Waals surface area contributed by atoms with Crippen LogP contribution in [0.5, 0.6) is 0 Å². The fraction of sp³-hybridized carbons (Fsp3) is 0.889. The molecule has 96 valence electrons. The number of carbonyl (C=O) groups is 1. The molecule has 0 bridgehead atoms. The normalized spacial score (nSPS) is 15.6. The van der Waals surface area contributed by atoms with Gasteiger partial charge in [-0.3, -0.25) is 4.79 Å². The summed E-state index contributed by atoms with van der Waals surface area (Å²) < 4.78 is 4.65. The van der Waals surface area contributed by atoms with Gasteiger partial charge < -0.3 is 20.1 Å². The van der Waals surface area contributed by atoms with E-state index in [4.69, 9.17) is 10.2 Å². The highest BCUT2D eigenvalue weighted by atomic mass is 32.1. The second-order valence-corrected chi connectivity index (χ2v) is 4.13. The van der Waals surface area contributed by atoms with Gasteiger partial charge in [-0.2, -0.15) is 25.3 Å². The summed E-state index contributed by atoms with van der Waals surface area (Å²) in [6.45, 7) is 1.10. The van der Waals surface area contributed by atoms with Crippen LogP contribution in [0.4, 0.5) is 0 Å². The Labute approximate surface area is 106 Å². The van der Waals surface area contributed by atoms with Crippen molar-refractivity contribution in [1.82, 2.24) is 0 Å². The number of aliphatic hydroxyl groups excluding tert-OH is 3. The average molecular weight is 270 g/mol. The zero-order chi connectivity index (χ0) is 12.8. The molecule has 16 heavy (non-hydrogen) atoms. The SMILES string of the molecule is CCC(CS)(CS)C(=O)OC(O)C(O)CO. The Morgan fingerprint density at radius 2 is 1.88 bits per heavy atom. The molecule has 2 atom stereocenters. The number of rotatable bonds is 7. The molecular formula is C9H18O5S2. The van der Waals surface area contributed by atoms with E-state index in [1.807, 2.05) is 0 Å². The van der Waals surface area contributed by atoms with Crippen LogP contribution in [0.25, 0.3) is 0 Å². The molecule has 0 fully saturated rings. The van der Waals surface area contributed by atoms with Crippen molar-refractivity contribution in [2.24, 2.45) is 5.41 Å². The molecule has 0 aliphatic heterocycles. The summed E-state index contributed by atoms with van der Waals surface area (Å²) >= 11 is 8.11. The van der Waals surface area contributed by atoms with Crippen molar-refractivity contribution in [1.29, 1.82) is 0 Å². The first kappa shape index (κ1) is 16.1. The van der Waals surface area contributed by atoms with Gasteiger partial charge in [0.2, 0.25) is 6.29 Å². The molecule has 0 amide bonds. The van der Waals surface area contributed by atoms with Crippen molar-refractivity contribution in [3.05, 3.63) is 0 Å². The van der Waals surface area contributed by atoms with E-state index in [1.54, 1.807) is 6.92 Å². The van der Waals surface area contributed by atoms with Crippen LogP contribution in [0.2, 0.25) is 0 Å². The van der Waals surface area contributed by atoms with Crippen molar-refractivity contribution < 1.29 is 24.9 Å². The molecule has 2 unspecified atom stereocenters. The van der Waals surface area contributed by atoms with E-state index in [1.165, 1.54) is 0 Å².